The fourth-order valence-corrected chi connectivity index (χ4v) is 2.86. The molecule has 0 N–H and O–H groups in total. The molecule has 5 heteroatoms. The van der Waals surface area contributed by atoms with E-state index < -0.39 is 15.9 Å². The topological polar surface area (TPSA) is 54.5 Å². The smallest absolute Gasteiger partial charge is 0.267 e. The molecule has 0 heterocycles. The molecule has 1 amide bonds. The highest BCUT2D eigenvalue weighted by molar-refractivity contribution is 7.89. The lowest BCUT2D eigenvalue weighted by atomic mass is 10.2. The number of amides is 1. The molecule has 4 nitrogen and oxygen atoms in total. The van der Waals surface area contributed by atoms with Crippen molar-refractivity contribution >= 4 is 15.9 Å². The van der Waals surface area contributed by atoms with E-state index in [2.05, 4.69) is 0 Å². The summed E-state index contributed by atoms with van der Waals surface area (Å²) >= 11 is 0. The van der Waals surface area contributed by atoms with Gasteiger partial charge in [0.05, 0.1) is 4.90 Å². The van der Waals surface area contributed by atoms with Crippen molar-refractivity contribution < 1.29 is 13.2 Å². The standard InChI is InChI=1S/C15H15NO3S/c1-12-8-10-14(11-9-12)20(18,19)16(2)15(17)13-6-4-3-5-7-13/h3-11H,1-2H3. The van der Waals surface area contributed by atoms with Gasteiger partial charge < -0.3 is 0 Å². The molecule has 2 aromatic carbocycles. The first-order chi connectivity index (χ1) is 9.43. The van der Waals surface area contributed by atoms with Gasteiger partial charge in [0, 0.05) is 12.6 Å². The summed E-state index contributed by atoms with van der Waals surface area (Å²) < 4.78 is 25.5. The second-order valence-corrected chi connectivity index (χ2v) is 6.43. The monoisotopic (exact) mass is 289 g/mol. The average Bonchev–Trinajstić information content (AvgIpc) is 2.47. The number of hydrogen-bond donors (Lipinski definition) is 0. The van der Waals surface area contributed by atoms with E-state index >= 15 is 0 Å². The van der Waals surface area contributed by atoms with Crippen molar-refractivity contribution in [3.8, 4) is 0 Å². The van der Waals surface area contributed by atoms with Crippen molar-refractivity contribution in [2.24, 2.45) is 0 Å². The van der Waals surface area contributed by atoms with Crippen LogP contribution in [-0.2, 0) is 10.0 Å². The molecule has 104 valence electrons. The van der Waals surface area contributed by atoms with Gasteiger partial charge in [0.15, 0.2) is 0 Å². The molecule has 2 rings (SSSR count). The molecule has 0 unspecified atom stereocenters. The van der Waals surface area contributed by atoms with E-state index in [1.165, 1.54) is 19.2 Å². The Balaban J connectivity index is 2.35. The Morgan fingerprint density at radius 3 is 2.05 bits per heavy atom. The summed E-state index contributed by atoms with van der Waals surface area (Å²) in [5.74, 6) is -0.550. The van der Waals surface area contributed by atoms with Gasteiger partial charge in [-0.05, 0) is 31.2 Å². The summed E-state index contributed by atoms with van der Waals surface area (Å²) in [6, 6.07) is 14.7. The maximum absolute atomic E-state index is 12.4. The zero-order valence-electron chi connectivity index (χ0n) is 11.3. The molecule has 2 aromatic rings. The highest BCUT2D eigenvalue weighted by Gasteiger charge is 2.26. The molecule has 0 saturated carbocycles. The van der Waals surface area contributed by atoms with E-state index in [0.717, 1.165) is 9.87 Å². The highest BCUT2D eigenvalue weighted by atomic mass is 32.2. The van der Waals surface area contributed by atoms with Crippen LogP contribution in [0.5, 0.6) is 0 Å². The molecular formula is C15H15NO3S. The van der Waals surface area contributed by atoms with Crippen LogP contribution in [0.2, 0.25) is 0 Å². The number of nitrogens with zero attached hydrogens (tertiary/aromatic N) is 1. The van der Waals surface area contributed by atoms with Crippen molar-refractivity contribution in [2.75, 3.05) is 7.05 Å². The zero-order chi connectivity index (χ0) is 14.8. The molecule has 0 aromatic heterocycles. The third kappa shape index (κ3) is 2.72. The first-order valence-corrected chi connectivity index (χ1v) is 7.52. The largest absolute Gasteiger partial charge is 0.268 e. The summed E-state index contributed by atoms with van der Waals surface area (Å²) in [6.07, 6.45) is 0. The van der Waals surface area contributed by atoms with Crippen LogP contribution in [0.3, 0.4) is 0 Å². The normalized spacial score (nSPS) is 11.1. The van der Waals surface area contributed by atoms with E-state index in [-0.39, 0.29) is 4.90 Å². The summed E-state index contributed by atoms with van der Waals surface area (Å²) in [6.45, 7) is 1.87. The van der Waals surface area contributed by atoms with Gasteiger partial charge in [0.1, 0.15) is 0 Å². The predicted octanol–water partition coefficient (Wildman–Crippen LogP) is 2.46. The summed E-state index contributed by atoms with van der Waals surface area (Å²) in [5.41, 5.74) is 1.30. The van der Waals surface area contributed by atoms with Crippen LogP contribution in [0.25, 0.3) is 0 Å². The molecule has 0 aliphatic rings. The number of carbonyl (C=O) groups is 1. The minimum absolute atomic E-state index is 0.106. The molecule has 0 radical (unpaired) electrons. The summed E-state index contributed by atoms with van der Waals surface area (Å²) in [5, 5.41) is 0. The van der Waals surface area contributed by atoms with E-state index in [4.69, 9.17) is 0 Å². The van der Waals surface area contributed by atoms with Crippen molar-refractivity contribution in [3.05, 3.63) is 65.7 Å². The van der Waals surface area contributed by atoms with E-state index in [0.29, 0.717) is 5.56 Å². The Hall–Kier alpha value is -2.14. The molecule has 0 saturated heterocycles. The minimum Gasteiger partial charge on any atom is -0.268 e. The Morgan fingerprint density at radius 2 is 1.50 bits per heavy atom. The Labute approximate surface area is 118 Å². The predicted molar refractivity (Wildman–Crippen MR) is 76.9 cm³/mol. The van der Waals surface area contributed by atoms with Gasteiger partial charge in [0.2, 0.25) is 0 Å². The lowest BCUT2D eigenvalue weighted by Gasteiger charge is -2.17. The van der Waals surface area contributed by atoms with Gasteiger partial charge in [0.25, 0.3) is 15.9 Å². The number of rotatable bonds is 3. The summed E-state index contributed by atoms with van der Waals surface area (Å²) in [7, 11) is -2.55. The molecule has 0 atom stereocenters. The average molecular weight is 289 g/mol. The minimum atomic E-state index is -3.82. The van der Waals surface area contributed by atoms with Crippen molar-refractivity contribution in [2.45, 2.75) is 11.8 Å². The summed E-state index contributed by atoms with van der Waals surface area (Å²) in [4.78, 5) is 12.3. The second-order valence-electron chi connectivity index (χ2n) is 4.46. The van der Waals surface area contributed by atoms with Crippen molar-refractivity contribution in [1.82, 2.24) is 4.31 Å². The third-order valence-electron chi connectivity index (χ3n) is 2.99. The number of sulfonamides is 1. The Bertz CT molecular complexity index is 707. The van der Waals surface area contributed by atoms with Gasteiger partial charge in [-0.25, -0.2) is 12.7 Å². The quantitative estimate of drug-likeness (QED) is 0.872. The van der Waals surface area contributed by atoms with Crippen molar-refractivity contribution in [1.29, 1.82) is 0 Å². The van der Waals surface area contributed by atoms with E-state index in [9.17, 15) is 13.2 Å². The second kappa shape index (κ2) is 5.46. The molecular weight excluding hydrogens is 274 g/mol. The Kier molecular flexibility index (Phi) is 3.90. The first kappa shape index (κ1) is 14.3. The van der Waals surface area contributed by atoms with Gasteiger partial charge in [-0.3, -0.25) is 4.79 Å². The zero-order valence-corrected chi connectivity index (χ0v) is 12.1. The first-order valence-electron chi connectivity index (χ1n) is 6.08. The van der Waals surface area contributed by atoms with Gasteiger partial charge in [-0.15, -0.1) is 0 Å². The highest BCUT2D eigenvalue weighted by Crippen LogP contribution is 2.17. The molecule has 0 aliphatic carbocycles. The number of aryl methyl sites for hydroxylation is 1. The van der Waals surface area contributed by atoms with Gasteiger partial charge in [-0.2, -0.15) is 0 Å². The number of carbonyl (C=O) groups excluding carboxylic acids is 1. The van der Waals surface area contributed by atoms with Gasteiger partial charge >= 0.3 is 0 Å². The van der Waals surface area contributed by atoms with Crippen LogP contribution in [-0.4, -0.2) is 25.7 Å². The van der Waals surface area contributed by atoms with E-state index in [1.54, 1.807) is 42.5 Å². The van der Waals surface area contributed by atoms with Crippen LogP contribution in [0.4, 0.5) is 0 Å². The van der Waals surface area contributed by atoms with Crippen LogP contribution in [0.1, 0.15) is 15.9 Å². The lowest BCUT2D eigenvalue weighted by molar-refractivity contribution is 0.0883. The fraction of sp³-hybridized carbons (Fsp3) is 0.133. The lowest BCUT2D eigenvalue weighted by Crippen LogP contribution is -2.33. The van der Waals surface area contributed by atoms with Gasteiger partial charge in [-0.1, -0.05) is 35.9 Å². The fourth-order valence-electron chi connectivity index (χ4n) is 1.74. The molecule has 0 aliphatic heterocycles. The maximum Gasteiger partial charge on any atom is 0.267 e. The Morgan fingerprint density at radius 1 is 0.950 bits per heavy atom. The number of hydrogen-bond acceptors (Lipinski definition) is 3. The molecule has 20 heavy (non-hydrogen) atoms. The van der Waals surface area contributed by atoms with E-state index in [1.807, 2.05) is 6.92 Å². The third-order valence-corrected chi connectivity index (χ3v) is 4.74. The van der Waals surface area contributed by atoms with Crippen LogP contribution >= 0.6 is 0 Å². The van der Waals surface area contributed by atoms with Crippen LogP contribution in [0, 0.1) is 6.92 Å². The molecule has 0 spiro atoms. The molecule has 0 bridgehead atoms. The van der Waals surface area contributed by atoms with Crippen LogP contribution < -0.4 is 0 Å². The molecule has 0 fully saturated rings. The van der Waals surface area contributed by atoms with Crippen LogP contribution in [0.15, 0.2) is 59.5 Å². The van der Waals surface area contributed by atoms with Crippen molar-refractivity contribution in [3.63, 3.8) is 0 Å². The number of benzene rings is 2. The SMILES string of the molecule is Cc1ccc(S(=O)(=O)N(C)C(=O)c2ccccc2)cc1. The maximum atomic E-state index is 12.4.